The summed E-state index contributed by atoms with van der Waals surface area (Å²) in [6.07, 6.45) is 0.0769. The average molecular weight is 232 g/mol. The van der Waals surface area contributed by atoms with Gasteiger partial charge in [-0.15, -0.1) is 0 Å². The second kappa shape index (κ2) is 8.46. The lowest BCUT2D eigenvalue weighted by molar-refractivity contribution is -0.148. The number of aliphatic carboxylic acids is 3. The van der Waals surface area contributed by atoms with E-state index in [0.29, 0.717) is 6.42 Å². The average Bonchev–Trinajstić information content (AvgIpc) is 2.14. The Hall–Kier alpha value is -1.85. The van der Waals surface area contributed by atoms with Gasteiger partial charge in [0.05, 0.1) is 12.3 Å². The Morgan fingerprint density at radius 3 is 1.62 bits per heavy atom. The van der Waals surface area contributed by atoms with Gasteiger partial charge in [0.1, 0.15) is 0 Å². The van der Waals surface area contributed by atoms with E-state index in [4.69, 9.17) is 15.3 Å². The van der Waals surface area contributed by atoms with Crippen molar-refractivity contribution in [3.05, 3.63) is 12.2 Å². The van der Waals surface area contributed by atoms with Crippen LogP contribution in [0.5, 0.6) is 0 Å². The van der Waals surface area contributed by atoms with Gasteiger partial charge in [-0.2, -0.15) is 0 Å². The maximum absolute atomic E-state index is 10.2. The summed E-state index contributed by atoms with van der Waals surface area (Å²) >= 11 is 0. The van der Waals surface area contributed by atoms with E-state index < -0.39 is 23.8 Å². The Morgan fingerprint density at radius 2 is 1.56 bits per heavy atom. The van der Waals surface area contributed by atoms with Crippen molar-refractivity contribution in [1.29, 1.82) is 0 Å². The molecule has 0 amide bonds. The van der Waals surface area contributed by atoms with Crippen LogP contribution in [0.25, 0.3) is 0 Å². The van der Waals surface area contributed by atoms with Crippen molar-refractivity contribution in [3.8, 4) is 0 Å². The second-order valence-corrected chi connectivity index (χ2v) is 3.13. The Balaban J connectivity index is 0. The van der Waals surface area contributed by atoms with E-state index in [0.717, 1.165) is 0 Å². The van der Waals surface area contributed by atoms with Crippen LogP contribution in [0.2, 0.25) is 0 Å². The van der Waals surface area contributed by atoms with Crippen LogP contribution in [0.4, 0.5) is 0 Å². The van der Waals surface area contributed by atoms with Gasteiger partial charge in [-0.1, -0.05) is 13.5 Å². The molecule has 16 heavy (non-hydrogen) atoms. The summed E-state index contributed by atoms with van der Waals surface area (Å²) in [5.41, 5.74) is 0.176. The highest BCUT2D eigenvalue weighted by Crippen LogP contribution is 2.07. The molecule has 0 bridgehead atoms. The summed E-state index contributed by atoms with van der Waals surface area (Å²) in [4.78, 5) is 29.8. The molecule has 1 unspecified atom stereocenters. The molecule has 0 aromatic heterocycles. The van der Waals surface area contributed by atoms with Crippen LogP contribution >= 0.6 is 0 Å². The number of rotatable bonds is 5. The predicted octanol–water partition coefficient (Wildman–Crippen LogP) is 1.22. The van der Waals surface area contributed by atoms with Gasteiger partial charge in [-0.05, 0) is 13.3 Å². The Morgan fingerprint density at radius 1 is 1.19 bits per heavy atom. The number of hydrogen-bond donors (Lipinski definition) is 3. The van der Waals surface area contributed by atoms with Crippen molar-refractivity contribution in [2.24, 2.45) is 5.92 Å². The molecule has 6 nitrogen and oxygen atoms in total. The van der Waals surface area contributed by atoms with E-state index in [2.05, 4.69) is 6.58 Å². The Labute approximate surface area is 93.2 Å². The molecule has 3 N–H and O–H groups in total. The highest BCUT2D eigenvalue weighted by molar-refractivity contribution is 5.84. The molecular formula is C10H16O6. The van der Waals surface area contributed by atoms with Crippen molar-refractivity contribution in [3.63, 3.8) is 0 Å². The molecule has 0 heterocycles. The summed E-state index contributed by atoms with van der Waals surface area (Å²) in [6.45, 7) is 6.26. The van der Waals surface area contributed by atoms with E-state index in [-0.39, 0.29) is 12.0 Å². The van der Waals surface area contributed by atoms with E-state index in [9.17, 15) is 14.4 Å². The standard InChI is InChI=1S/C6H10O4.C4H6O2/c1-2-4(6(9)10)3-5(7)8;1-3(2)4(5)6/h4H,2-3H2,1H3,(H,7,8)(H,9,10);1H2,2H3,(H,5,6). The first-order valence-electron chi connectivity index (χ1n) is 4.55. The van der Waals surface area contributed by atoms with Crippen molar-refractivity contribution >= 4 is 17.9 Å². The molecule has 0 aliphatic rings. The normalized spacial score (nSPS) is 10.6. The number of hydrogen-bond acceptors (Lipinski definition) is 3. The van der Waals surface area contributed by atoms with E-state index in [1.54, 1.807) is 6.92 Å². The fraction of sp³-hybridized carbons (Fsp3) is 0.500. The summed E-state index contributed by atoms with van der Waals surface area (Å²) in [5.74, 6) is -3.77. The van der Waals surface area contributed by atoms with Gasteiger partial charge in [-0.3, -0.25) is 9.59 Å². The molecule has 0 aliphatic carbocycles. The summed E-state index contributed by atoms with van der Waals surface area (Å²) in [5, 5.41) is 24.5. The minimum absolute atomic E-state index is 0.176. The Bertz CT molecular complexity index is 269. The molecule has 92 valence electrons. The molecule has 1 atom stereocenters. The van der Waals surface area contributed by atoms with Gasteiger partial charge in [-0.25, -0.2) is 4.79 Å². The molecule has 0 rings (SSSR count). The van der Waals surface area contributed by atoms with Crippen molar-refractivity contribution in [1.82, 2.24) is 0 Å². The molecule has 0 saturated carbocycles. The first-order valence-corrected chi connectivity index (χ1v) is 4.55. The van der Waals surface area contributed by atoms with Crippen LogP contribution in [0.15, 0.2) is 12.2 Å². The van der Waals surface area contributed by atoms with Crippen LogP contribution < -0.4 is 0 Å². The maximum Gasteiger partial charge on any atom is 0.330 e. The second-order valence-electron chi connectivity index (χ2n) is 3.13. The van der Waals surface area contributed by atoms with Crippen molar-refractivity contribution in [2.75, 3.05) is 0 Å². The zero-order chi connectivity index (χ0) is 13.3. The van der Waals surface area contributed by atoms with Crippen LogP contribution in [0.3, 0.4) is 0 Å². The molecule has 0 fully saturated rings. The van der Waals surface area contributed by atoms with Gasteiger partial charge in [0.2, 0.25) is 0 Å². The molecule has 0 radical (unpaired) electrons. The molecule has 0 aromatic rings. The third-order valence-electron chi connectivity index (χ3n) is 1.63. The summed E-state index contributed by atoms with van der Waals surface area (Å²) in [7, 11) is 0. The molecule has 0 saturated heterocycles. The SMILES string of the molecule is C=C(C)C(=O)O.CCC(CC(=O)O)C(=O)O. The highest BCUT2D eigenvalue weighted by Gasteiger charge is 2.17. The fourth-order valence-corrected chi connectivity index (χ4v) is 0.617. The van der Waals surface area contributed by atoms with Crippen LogP contribution in [0, 0.1) is 5.92 Å². The number of carbonyl (C=O) groups is 3. The zero-order valence-corrected chi connectivity index (χ0v) is 9.27. The lowest BCUT2D eigenvalue weighted by Crippen LogP contribution is -2.16. The summed E-state index contributed by atoms with van der Waals surface area (Å²) < 4.78 is 0. The third-order valence-corrected chi connectivity index (χ3v) is 1.63. The minimum atomic E-state index is -1.06. The first kappa shape index (κ1) is 16.6. The van der Waals surface area contributed by atoms with Gasteiger partial charge < -0.3 is 15.3 Å². The number of carboxylic acids is 3. The van der Waals surface area contributed by atoms with Crippen LogP contribution in [-0.4, -0.2) is 33.2 Å². The molecular weight excluding hydrogens is 216 g/mol. The van der Waals surface area contributed by atoms with Gasteiger partial charge >= 0.3 is 17.9 Å². The quantitative estimate of drug-likeness (QED) is 0.614. The van der Waals surface area contributed by atoms with Crippen molar-refractivity contribution < 1.29 is 29.7 Å². The minimum Gasteiger partial charge on any atom is -0.481 e. The van der Waals surface area contributed by atoms with E-state index >= 15 is 0 Å². The topological polar surface area (TPSA) is 112 Å². The molecule has 0 aromatic carbocycles. The molecule has 0 spiro atoms. The monoisotopic (exact) mass is 232 g/mol. The maximum atomic E-state index is 10.2. The molecule has 6 heteroatoms. The largest absolute Gasteiger partial charge is 0.481 e. The van der Waals surface area contributed by atoms with Gasteiger partial charge in [0.15, 0.2) is 0 Å². The van der Waals surface area contributed by atoms with Crippen LogP contribution in [-0.2, 0) is 14.4 Å². The third kappa shape index (κ3) is 10.2. The smallest absolute Gasteiger partial charge is 0.330 e. The van der Waals surface area contributed by atoms with E-state index in [1.165, 1.54) is 6.92 Å². The number of carboxylic acid groups (broad SMARTS) is 3. The lowest BCUT2D eigenvalue weighted by atomic mass is 10.0. The lowest BCUT2D eigenvalue weighted by Gasteiger charge is -2.03. The molecule has 0 aliphatic heterocycles. The highest BCUT2D eigenvalue weighted by atomic mass is 16.4. The van der Waals surface area contributed by atoms with E-state index in [1.807, 2.05) is 0 Å². The predicted molar refractivity (Wildman–Crippen MR) is 56.1 cm³/mol. The Kier molecular flexibility index (Phi) is 8.76. The van der Waals surface area contributed by atoms with Crippen LogP contribution in [0.1, 0.15) is 26.7 Å². The zero-order valence-electron chi connectivity index (χ0n) is 9.27. The van der Waals surface area contributed by atoms with Crippen molar-refractivity contribution in [2.45, 2.75) is 26.7 Å². The summed E-state index contributed by atoms with van der Waals surface area (Å²) in [6, 6.07) is 0. The van der Waals surface area contributed by atoms with Gasteiger partial charge in [0, 0.05) is 5.57 Å². The van der Waals surface area contributed by atoms with Gasteiger partial charge in [0.25, 0.3) is 0 Å². The first-order chi connectivity index (χ1) is 7.22. The fourth-order valence-electron chi connectivity index (χ4n) is 0.617.